The molecule has 1 fully saturated rings. The van der Waals surface area contributed by atoms with E-state index in [1.807, 2.05) is 6.92 Å². The predicted octanol–water partition coefficient (Wildman–Crippen LogP) is 1.09. The zero-order valence-corrected chi connectivity index (χ0v) is 10.6. The van der Waals surface area contributed by atoms with Gasteiger partial charge in [-0.25, -0.2) is 4.39 Å². The fourth-order valence-electron chi connectivity index (χ4n) is 2.10. The third-order valence-electron chi connectivity index (χ3n) is 3.10. The number of hydrogen-bond donors (Lipinski definition) is 3. The number of amides is 1. The van der Waals surface area contributed by atoms with Crippen molar-refractivity contribution >= 4 is 11.6 Å². The number of nitrogens with one attached hydrogen (secondary N) is 2. The fourth-order valence-corrected chi connectivity index (χ4v) is 2.10. The van der Waals surface area contributed by atoms with Crippen molar-refractivity contribution in [2.24, 2.45) is 5.92 Å². The standard InChI is InChI=1S/C13H17FN2O3/c1-2-15-11-7-19-6-9(11)13(18)16-8-3-4-12(17)10(14)5-8/h3-5,9,11,15,17H,2,6-7H2,1H3,(H,16,18). The summed E-state index contributed by atoms with van der Waals surface area (Å²) in [6, 6.07) is 3.73. The Balaban J connectivity index is 2.02. The molecule has 3 N–H and O–H groups in total. The normalized spacial score (nSPS) is 22.4. The minimum Gasteiger partial charge on any atom is -0.505 e. The zero-order chi connectivity index (χ0) is 13.8. The van der Waals surface area contributed by atoms with E-state index in [1.165, 1.54) is 12.1 Å². The number of anilines is 1. The minimum atomic E-state index is -0.760. The van der Waals surface area contributed by atoms with E-state index in [2.05, 4.69) is 10.6 Å². The Morgan fingerprint density at radius 2 is 2.32 bits per heavy atom. The Labute approximate surface area is 110 Å². The number of hydrogen-bond acceptors (Lipinski definition) is 4. The average molecular weight is 268 g/mol. The lowest BCUT2D eigenvalue weighted by molar-refractivity contribution is -0.120. The van der Waals surface area contributed by atoms with Gasteiger partial charge in [0, 0.05) is 17.8 Å². The molecule has 5 nitrogen and oxygen atoms in total. The lowest BCUT2D eigenvalue weighted by atomic mass is 10.0. The average Bonchev–Trinajstić information content (AvgIpc) is 2.83. The number of ether oxygens (including phenoxy) is 1. The maximum absolute atomic E-state index is 13.2. The van der Waals surface area contributed by atoms with Gasteiger partial charge in [-0.2, -0.15) is 0 Å². The SMILES string of the molecule is CCNC1COCC1C(=O)Nc1ccc(O)c(F)c1. The molecule has 1 aromatic carbocycles. The predicted molar refractivity (Wildman–Crippen MR) is 68.5 cm³/mol. The Morgan fingerprint density at radius 3 is 3.00 bits per heavy atom. The third-order valence-corrected chi connectivity index (χ3v) is 3.10. The van der Waals surface area contributed by atoms with Crippen LogP contribution in [0.15, 0.2) is 18.2 Å². The summed E-state index contributed by atoms with van der Waals surface area (Å²) in [4.78, 5) is 12.1. The highest BCUT2D eigenvalue weighted by atomic mass is 19.1. The van der Waals surface area contributed by atoms with Gasteiger partial charge in [0.2, 0.25) is 5.91 Å². The summed E-state index contributed by atoms with van der Waals surface area (Å²) in [6.07, 6.45) is 0. The monoisotopic (exact) mass is 268 g/mol. The number of likely N-dealkylation sites (N-methyl/N-ethyl adjacent to an activating group) is 1. The molecule has 1 aliphatic rings. The minimum absolute atomic E-state index is 0.0213. The van der Waals surface area contributed by atoms with E-state index < -0.39 is 11.6 Å². The largest absolute Gasteiger partial charge is 0.505 e. The van der Waals surface area contributed by atoms with Crippen LogP contribution in [0.2, 0.25) is 0 Å². The van der Waals surface area contributed by atoms with E-state index in [9.17, 15) is 9.18 Å². The molecule has 1 aliphatic heterocycles. The molecular weight excluding hydrogens is 251 g/mol. The summed E-state index contributed by atoms with van der Waals surface area (Å²) in [7, 11) is 0. The molecular formula is C13H17FN2O3. The summed E-state index contributed by atoms with van der Waals surface area (Å²) in [6.45, 7) is 3.56. The molecule has 6 heteroatoms. The van der Waals surface area contributed by atoms with E-state index >= 15 is 0 Å². The zero-order valence-electron chi connectivity index (χ0n) is 10.6. The van der Waals surface area contributed by atoms with E-state index in [0.717, 1.165) is 12.6 Å². The summed E-state index contributed by atoms with van der Waals surface area (Å²) < 4.78 is 18.5. The van der Waals surface area contributed by atoms with Crippen LogP contribution in [-0.2, 0) is 9.53 Å². The first-order valence-electron chi connectivity index (χ1n) is 6.22. The molecule has 104 valence electrons. The van der Waals surface area contributed by atoms with E-state index in [-0.39, 0.29) is 17.9 Å². The van der Waals surface area contributed by atoms with Crippen LogP contribution in [0.4, 0.5) is 10.1 Å². The molecule has 2 unspecified atom stereocenters. The molecule has 0 saturated carbocycles. The van der Waals surface area contributed by atoms with Crippen molar-refractivity contribution in [1.82, 2.24) is 5.32 Å². The molecule has 0 spiro atoms. The fraction of sp³-hybridized carbons (Fsp3) is 0.462. The Hall–Kier alpha value is -1.66. The van der Waals surface area contributed by atoms with Crippen LogP contribution in [0, 0.1) is 11.7 Å². The summed E-state index contributed by atoms with van der Waals surface area (Å²) in [5.74, 6) is -1.71. The van der Waals surface area contributed by atoms with Crippen molar-refractivity contribution in [2.45, 2.75) is 13.0 Å². The van der Waals surface area contributed by atoms with Crippen molar-refractivity contribution in [2.75, 3.05) is 25.1 Å². The first kappa shape index (κ1) is 13.8. The summed E-state index contributed by atoms with van der Waals surface area (Å²) in [5.41, 5.74) is 0.322. The number of phenols is 1. The number of phenolic OH excluding ortho intramolecular Hbond substituents is 1. The molecule has 2 atom stereocenters. The third kappa shape index (κ3) is 3.21. The second-order valence-electron chi connectivity index (χ2n) is 4.46. The second kappa shape index (κ2) is 5.99. The lowest BCUT2D eigenvalue weighted by Crippen LogP contribution is -2.41. The van der Waals surface area contributed by atoms with Crippen molar-refractivity contribution in [3.8, 4) is 5.75 Å². The van der Waals surface area contributed by atoms with Crippen LogP contribution < -0.4 is 10.6 Å². The van der Waals surface area contributed by atoms with Gasteiger partial charge in [0.25, 0.3) is 0 Å². The van der Waals surface area contributed by atoms with Crippen LogP contribution in [0.1, 0.15) is 6.92 Å². The molecule has 1 saturated heterocycles. The molecule has 1 heterocycles. The van der Waals surface area contributed by atoms with E-state index in [1.54, 1.807) is 0 Å². The van der Waals surface area contributed by atoms with Crippen LogP contribution in [0.25, 0.3) is 0 Å². The second-order valence-corrected chi connectivity index (χ2v) is 4.46. The molecule has 2 rings (SSSR count). The molecule has 1 amide bonds. The highest BCUT2D eigenvalue weighted by molar-refractivity contribution is 5.93. The number of rotatable bonds is 4. The van der Waals surface area contributed by atoms with Gasteiger partial charge < -0.3 is 20.5 Å². The highest BCUT2D eigenvalue weighted by Crippen LogP contribution is 2.21. The van der Waals surface area contributed by atoms with E-state index in [4.69, 9.17) is 9.84 Å². The number of halogens is 1. The summed E-state index contributed by atoms with van der Waals surface area (Å²) >= 11 is 0. The molecule has 0 radical (unpaired) electrons. The van der Waals surface area contributed by atoms with Gasteiger partial charge in [0.1, 0.15) is 0 Å². The maximum Gasteiger partial charge on any atom is 0.231 e. The molecule has 0 bridgehead atoms. The Kier molecular flexibility index (Phi) is 4.34. The number of carbonyl (C=O) groups is 1. The quantitative estimate of drug-likeness (QED) is 0.715. The number of benzene rings is 1. The topological polar surface area (TPSA) is 70.6 Å². The smallest absolute Gasteiger partial charge is 0.231 e. The highest BCUT2D eigenvalue weighted by Gasteiger charge is 2.33. The van der Waals surface area contributed by atoms with Crippen molar-refractivity contribution in [3.05, 3.63) is 24.0 Å². The van der Waals surface area contributed by atoms with Gasteiger partial charge in [0.05, 0.1) is 19.1 Å². The first-order valence-corrected chi connectivity index (χ1v) is 6.22. The van der Waals surface area contributed by atoms with Crippen molar-refractivity contribution in [3.63, 3.8) is 0 Å². The molecule has 0 aliphatic carbocycles. The van der Waals surface area contributed by atoms with Gasteiger partial charge >= 0.3 is 0 Å². The van der Waals surface area contributed by atoms with Gasteiger partial charge in [0.15, 0.2) is 11.6 Å². The summed E-state index contributed by atoms with van der Waals surface area (Å²) in [5, 5.41) is 14.9. The number of aromatic hydroxyl groups is 1. The maximum atomic E-state index is 13.2. The van der Waals surface area contributed by atoms with Crippen LogP contribution in [-0.4, -0.2) is 36.8 Å². The van der Waals surface area contributed by atoms with Gasteiger partial charge in [-0.05, 0) is 18.7 Å². The van der Waals surface area contributed by atoms with Crippen molar-refractivity contribution < 1.29 is 19.0 Å². The Bertz CT molecular complexity index is 467. The molecule has 1 aromatic rings. The van der Waals surface area contributed by atoms with Crippen LogP contribution in [0.5, 0.6) is 5.75 Å². The van der Waals surface area contributed by atoms with Gasteiger partial charge in [-0.3, -0.25) is 4.79 Å². The molecule has 0 aromatic heterocycles. The molecule has 19 heavy (non-hydrogen) atoms. The Morgan fingerprint density at radius 1 is 1.53 bits per heavy atom. The van der Waals surface area contributed by atoms with Crippen LogP contribution >= 0.6 is 0 Å². The van der Waals surface area contributed by atoms with E-state index in [0.29, 0.717) is 18.9 Å². The lowest BCUT2D eigenvalue weighted by Gasteiger charge is -2.17. The first-order chi connectivity index (χ1) is 9.11. The van der Waals surface area contributed by atoms with Crippen molar-refractivity contribution in [1.29, 1.82) is 0 Å². The van der Waals surface area contributed by atoms with Gasteiger partial charge in [-0.15, -0.1) is 0 Å². The van der Waals surface area contributed by atoms with Crippen LogP contribution in [0.3, 0.4) is 0 Å². The van der Waals surface area contributed by atoms with Gasteiger partial charge in [-0.1, -0.05) is 6.92 Å². The number of carbonyl (C=O) groups excluding carboxylic acids is 1.